The third-order valence-electron chi connectivity index (χ3n) is 3.55. The number of aryl methyl sites for hydroxylation is 1. The number of phosphoric ester groups is 1. The van der Waals surface area contributed by atoms with E-state index in [1.165, 1.54) is 14.1 Å². The minimum absolute atomic E-state index is 0.0997. The van der Waals surface area contributed by atoms with E-state index in [1.807, 2.05) is 0 Å². The fourth-order valence-electron chi connectivity index (χ4n) is 2.46. The summed E-state index contributed by atoms with van der Waals surface area (Å²) < 4.78 is 22.6. The van der Waals surface area contributed by atoms with Crippen molar-refractivity contribution < 1.29 is 33.8 Å². The van der Waals surface area contributed by atoms with E-state index < -0.39 is 50.1 Å². The average molecular weight is 352 g/mol. The Morgan fingerprint density at radius 3 is 2.48 bits per heavy atom. The molecule has 1 aromatic heterocycles. The maximum atomic E-state index is 12.2. The highest BCUT2D eigenvalue weighted by molar-refractivity contribution is 7.46. The molecule has 1 aromatic rings. The molecule has 0 aliphatic carbocycles. The van der Waals surface area contributed by atoms with Crippen LogP contribution in [0.2, 0.25) is 0 Å². The lowest BCUT2D eigenvalue weighted by Crippen LogP contribution is -2.41. The first-order valence-corrected chi connectivity index (χ1v) is 8.04. The SMILES string of the molecule is Cn1cc([C@@H]2O[C@H](CO)[C@@H](OP(=O)(O)O)[C@H]2O)c(=O)n(C)c1=O. The molecule has 0 spiro atoms. The van der Waals surface area contributed by atoms with E-state index in [9.17, 15) is 24.4 Å². The highest BCUT2D eigenvalue weighted by Gasteiger charge is 2.48. The van der Waals surface area contributed by atoms with E-state index in [0.717, 1.165) is 15.3 Å². The molecule has 1 aliphatic heterocycles. The molecule has 4 N–H and O–H groups in total. The van der Waals surface area contributed by atoms with Crippen LogP contribution in [-0.4, -0.2) is 54.1 Å². The van der Waals surface area contributed by atoms with Crippen molar-refractivity contribution in [1.29, 1.82) is 0 Å². The molecule has 0 amide bonds. The first kappa shape index (κ1) is 18.0. The Hall–Kier alpha value is -1.33. The molecule has 12 heteroatoms. The molecule has 23 heavy (non-hydrogen) atoms. The van der Waals surface area contributed by atoms with Gasteiger partial charge in [-0.3, -0.25) is 13.9 Å². The second-order valence-electron chi connectivity index (χ2n) is 5.17. The number of aliphatic hydroxyl groups excluding tert-OH is 2. The van der Waals surface area contributed by atoms with E-state index in [-0.39, 0.29) is 5.56 Å². The molecule has 4 atom stereocenters. The van der Waals surface area contributed by atoms with E-state index in [0.29, 0.717) is 0 Å². The molecule has 0 bridgehead atoms. The molecule has 11 nitrogen and oxygen atoms in total. The molecule has 0 radical (unpaired) electrons. The van der Waals surface area contributed by atoms with Gasteiger partial charge >= 0.3 is 13.5 Å². The van der Waals surface area contributed by atoms with Gasteiger partial charge in [0, 0.05) is 20.3 Å². The van der Waals surface area contributed by atoms with Crippen LogP contribution in [-0.2, 0) is 27.9 Å². The Morgan fingerprint density at radius 1 is 1.35 bits per heavy atom. The van der Waals surface area contributed by atoms with Gasteiger partial charge in [0.25, 0.3) is 5.56 Å². The first-order valence-electron chi connectivity index (χ1n) is 6.51. The van der Waals surface area contributed by atoms with E-state index in [4.69, 9.17) is 14.5 Å². The molecule has 0 aromatic carbocycles. The summed E-state index contributed by atoms with van der Waals surface area (Å²) in [6.07, 6.45) is -4.55. The number of phosphoric acid groups is 1. The fraction of sp³-hybridized carbons (Fsp3) is 0.636. The van der Waals surface area contributed by atoms with Crippen molar-refractivity contribution in [3.8, 4) is 0 Å². The van der Waals surface area contributed by atoms with Gasteiger partial charge < -0.3 is 29.3 Å². The fourth-order valence-corrected chi connectivity index (χ4v) is 3.04. The van der Waals surface area contributed by atoms with Crippen molar-refractivity contribution >= 4 is 7.82 Å². The predicted molar refractivity (Wildman–Crippen MR) is 74.5 cm³/mol. The topological polar surface area (TPSA) is 160 Å². The normalized spacial score (nSPS) is 28.3. The van der Waals surface area contributed by atoms with Crippen LogP contribution in [0.4, 0.5) is 0 Å². The van der Waals surface area contributed by atoms with Gasteiger partial charge in [-0.2, -0.15) is 0 Å². The summed E-state index contributed by atoms with van der Waals surface area (Å²) in [6, 6.07) is 0. The predicted octanol–water partition coefficient (Wildman–Crippen LogP) is -2.64. The Balaban J connectivity index is 2.44. The number of hydrogen-bond acceptors (Lipinski definition) is 7. The highest BCUT2D eigenvalue weighted by atomic mass is 31.2. The molecule has 0 unspecified atom stereocenters. The van der Waals surface area contributed by atoms with Crippen LogP contribution in [0.5, 0.6) is 0 Å². The number of rotatable bonds is 4. The minimum Gasteiger partial charge on any atom is -0.394 e. The lowest BCUT2D eigenvalue weighted by molar-refractivity contribution is -0.0230. The van der Waals surface area contributed by atoms with Gasteiger partial charge in [-0.05, 0) is 0 Å². The van der Waals surface area contributed by atoms with Crippen LogP contribution in [0.15, 0.2) is 15.8 Å². The monoisotopic (exact) mass is 352 g/mol. The number of aromatic nitrogens is 2. The van der Waals surface area contributed by atoms with Crippen molar-refractivity contribution in [2.45, 2.75) is 24.4 Å². The summed E-state index contributed by atoms with van der Waals surface area (Å²) in [5.41, 5.74) is -1.42. The van der Waals surface area contributed by atoms with Crippen molar-refractivity contribution in [1.82, 2.24) is 9.13 Å². The summed E-state index contributed by atoms with van der Waals surface area (Å²) in [7, 11) is -2.32. The highest BCUT2D eigenvalue weighted by Crippen LogP contribution is 2.44. The molecule has 0 saturated carbocycles. The van der Waals surface area contributed by atoms with Crippen LogP contribution in [0.1, 0.15) is 11.7 Å². The van der Waals surface area contributed by atoms with Crippen LogP contribution in [0.25, 0.3) is 0 Å². The number of nitrogens with zero attached hydrogens (tertiary/aromatic N) is 2. The first-order chi connectivity index (χ1) is 10.6. The molecule has 1 aliphatic rings. The van der Waals surface area contributed by atoms with Gasteiger partial charge in [-0.1, -0.05) is 0 Å². The Labute approximate surface area is 129 Å². The van der Waals surface area contributed by atoms with Crippen molar-refractivity contribution in [2.24, 2.45) is 14.1 Å². The maximum absolute atomic E-state index is 12.2. The Kier molecular flexibility index (Phi) is 4.92. The van der Waals surface area contributed by atoms with Gasteiger partial charge in [-0.15, -0.1) is 0 Å². The smallest absolute Gasteiger partial charge is 0.394 e. The van der Waals surface area contributed by atoms with E-state index in [1.54, 1.807) is 0 Å². The van der Waals surface area contributed by atoms with Crippen molar-refractivity contribution in [3.05, 3.63) is 32.6 Å². The zero-order chi connectivity index (χ0) is 17.5. The lowest BCUT2D eigenvalue weighted by Gasteiger charge is -2.19. The third kappa shape index (κ3) is 3.45. The summed E-state index contributed by atoms with van der Waals surface area (Å²) in [5.74, 6) is 0. The maximum Gasteiger partial charge on any atom is 0.470 e. The molecule has 2 heterocycles. The molecular formula is C11H17N2O9P. The Morgan fingerprint density at radius 2 is 1.96 bits per heavy atom. The zero-order valence-corrected chi connectivity index (χ0v) is 13.2. The zero-order valence-electron chi connectivity index (χ0n) is 12.3. The van der Waals surface area contributed by atoms with Crippen LogP contribution < -0.4 is 11.2 Å². The largest absolute Gasteiger partial charge is 0.470 e. The second-order valence-corrected chi connectivity index (χ2v) is 6.36. The van der Waals surface area contributed by atoms with E-state index in [2.05, 4.69) is 4.52 Å². The number of aliphatic hydroxyl groups is 2. The summed E-state index contributed by atoms with van der Waals surface area (Å²) in [4.78, 5) is 41.6. The summed E-state index contributed by atoms with van der Waals surface area (Å²) in [5, 5.41) is 19.4. The third-order valence-corrected chi connectivity index (χ3v) is 4.07. The lowest BCUT2D eigenvalue weighted by atomic mass is 10.0. The quantitative estimate of drug-likeness (QED) is 0.424. The average Bonchev–Trinajstić information content (AvgIpc) is 2.76. The van der Waals surface area contributed by atoms with Crippen LogP contribution in [0.3, 0.4) is 0 Å². The summed E-state index contributed by atoms with van der Waals surface area (Å²) >= 11 is 0. The van der Waals surface area contributed by atoms with Crippen LogP contribution >= 0.6 is 7.82 Å². The van der Waals surface area contributed by atoms with Crippen LogP contribution in [0, 0.1) is 0 Å². The van der Waals surface area contributed by atoms with Gasteiger partial charge in [0.2, 0.25) is 0 Å². The number of ether oxygens (including phenoxy) is 1. The number of hydrogen-bond donors (Lipinski definition) is 4. The Bertz CT molecular complexity index is 751. The van der Waals surface area contributed by atoms with Gasteiger partial charge in [0.1, 0.15) is 24.4 Å². The molecule has 1 saturated heterocycles. The standard InChI is InChI=1S/C11H17N2O9P/c1-12-3-5(10(16)13(2)11(12)17)8-7(15)9(6(4-14)21-8)22-23(18,19)20/h3,6-9,14-15H,4H2,1-2H3,(H2,18,19,20)/t6-,7+,8+,9-/m1/s1. The van der Waals surface area contributed by atoms with Crippen molar-refractivity contribution in [3.63, 3.8) is 0 Å². The minimum atomic E-state index is -4.95. The van der Waals surface area contributed by atoms with E-state index >= 15 is 0 Å². The van der Waals surface area contributed by atoms with Crippen molar-refractivity contribution in [2.75, 3.05) is 6.61 Å². The molecule has 2 rings (SSSR count). The molecule has 130 valence electrons. The molecule has 1 fully saturated rings. The van der Waals surface area contributed by atoms with Gasteiger partial charge in [0.15, 0.2) is 0 Å². The van der Waals surface area contributed by atoms with Gasteiger partial charge in [-0.25, -0.2) is 9.36 Å². The second kappa shape index (κ2) is 6.29. The molecular weight excluding hydrogens is 335 g/mol. The summed E-state index contributed by atoms with van der Waals surface area (Å²) in [6.45, 7) is -0.690. The van der Waals surface area contributed by atoms with Gasteiger partial charge in [0.05, 0.1) is 12.2 Å².